The van der Waals surface area contributed by atoms with E-state index in [1.807, 2.05) is 60.7 Å². The molecule has 0 aromatic heterocycles. The van der Waals surface area contributed by atoms with Gasteiger partial charge in [0, 0.05) is 5.56 Å². The lowest BCUT2D eigenvalue weighted by Gasteiger charge is -2.06. The minimum atomic E-state index is 0.253. The molecule has 0 saturated heterocycles. The molecule has 20 heavy (non-hydrogen) atoms. The fraction of sp³-hybridized carbons (Fsp3) is 0.125. The van der Waals surface area contributed by atoms with Gasteiger partial charge >= 0.3 is 0 Å². The van der Waals surface area contributed by atoms with Crippen molar-refractivity contribution in [1.82, 2.24) is 0 Å². The van der Waals surface area contributed by atoms with Crippen LogP contribution in [0, 0.1) is 11.3 Å². The van der Waals surface area contributed by atoms with Gasteiger partial charge in [-0.25, -0.2) is 0 Å². The first-order valence-electron chi connectivity index (χ1n) is 6.12. The molecule has 4 heteroatoms. The first-order valence-corrected chi connectivity index (χ1v) is 6.12. The molecule has 0 spiro atoms. The van der Waals surface area contributed by atoms with Crippen molar-refractivity contribution < 1.29 is 9.57 Å². The van der Waals surface area contributed by atoms with Gasteiger partial charge in [0.05, 0.1) is 0 Å². The van der Waals surface area contributed by atoms with E-state index < -0.39 is 0 Å². The number of rotatable bonds is 5. The van der Waals surface area contributed by atoms with Crippen LogP contribution in [0.1, 0.15) is 11.1 Å². The molecule has 0 aliphatic carbocycles. The number of benzene rings is 2. The predicted molar refractivity (Wildman–Crippen MR) is 76.4 cm³/mol. The molecular formula is C16H14N2O2. The molecule has 2 aromatic carbocycles. The van der Waals surface area contributed by atoms with E-state index in [1.54, 1.807) is 0 Å². The molecule has 4 nitrogen and oxygen atoms in total. The minimum absolute atomic E-state index is 0.253. The van der Waals surface area contributed by atoms with Crippen LogP contribution >= 0.6 is 0 Å². The van der Waals surface area contributed by atoms with Crippen molar-refractivity contribution in [2.45, 2.75) is 6.61 Å². The van der Waals surface area contributed by atoms with Crippen LogP contribution in [0.5, 0.6) is 5.75 Å². The van der Waals surface area contributed by atoms with Crippen molar-refractivity contribution in [3.8, 4) is 11.8 Å². The highest BCUT2D eigenvalue weighted by Crippen LogP contribution is 2.12. The standard InChI is InChI=1S/C16H14N2O2/c1-19-18-16(11-17)14-9-7-13(8-10-14)12-20-15-5-3-2-4-6-15/h2-10H,12H2,1H3. The van der Waals surface area contributed by atoms with Gasteiger partial charge in [-0.2, -0.15) is 5.26 Å². The Morgan fingerprint density at radius 3 is 2.40 bits per heavy atom. The fourth-order valence-electron chi connectivity index (χ4n) is 1.67. The van der Waals surface area contributed by atoms with Crippen LogP contribution in [0.3, 0.4) is 0 Å². The molecule has 100 valence electrons. The molecule has 0 aliphatic heterocycles. The molecule has 0 bridgehead atoms. The fourth-order valence-corrected chi connectivity index (χ4v) is 1.67. The lowest BCUT2D eigenvalue weighted by molar-refractivity contribution is 0.214. The molecule has 0 radical (unpaired) electrons. The van der Waals surface area contributed by atoms with Crippen LogP contribution < -0.4 is 4.74 Å². The summed E-state index contributed by atoms with van der Waals surface area (Å²) in [7, 11) is 1.42. The third kappa shape index (κ3) is 3.59. The molecule has 2 aromatic rings. The van der Waals surface area contributed by atoms with E-state index >= 15 is 0 Å². The molecule has 0 fully saturated rings. The number of para-hydroxylation sites is 1. The van der Waals surface area contributed by atoms with Gasteiger partial charge in [-0.15, -0.1) is 0 Å². The van der Waals surface area contributed by atoms with E-state index in [2.05, 4.69) is 9.99 Å². The summed E-state index contributed by atoms with van der Waals surface area (Å²) in [6, 6.07) is 19.1. The van der Waals surface area contributed by atoms with Crippen LogP contribution in [0.25, 0.3) is 0 Å². The Kier molecular flexibility index (Phi) is 4.74. The van der Waals surface area contributed by atoms with E-state index in [9.17, 15) is 0 Å². The average molecular weight is 266 g/mol. The highest BCUT2D eigenvalue weighted by molar-refractivity contribution is 6.11. The van der Waals surface area contributed by atoms with Crippen molar-refractivity contribution in [2.24, 2.45) is 5.16 Å². The van der Waals surface area contributed by atoms with Gasteiger partial charge in [0.1, 0.15) is 25.5 Å². The summed E-state index contributed by atoms with van der Waals surface area (Å²) in [5.74, 6) is 0.829. The summed E-state index contributed by atoms with van der Waals surface area (Å²) in [4.78, 5) is 4.63. The third-order valence-electron chi connectivity index (χ3n) is 2.66. The highest BCUT2D eigenvalue weighted by Gasteiger charge is 2.03. The first kappa shape index (κ1) is 13.6. The molecule has 0 atom stereocenters. The maximum absolute atomic E-state index is 8.95. The summed E-state index contributed by atoms with van der Waals surface area (Å²) < 4.78 is 5.65. The molecule has 0 heterocycles. The number of nitriles is 1. The van der Waals surface area contributed by atoms with Crippen LogP contribution in [-0.4, -0.2) is 12.8 Å². The second-order valence-electron chi connectivity index (χ2n) is 4.03. The van der Waals surface area contributed by atoms with Gasteiger partial charge in [-0.05, 0) is 17.7 Å². The van der Waals surface area contributed by atoms with Crippen molar-refractivity contribution >= 4 is 5.71 Å². The number of hydrogen-bond acceptors (Lipinski definition) is 4. The Balaban J connectivity index is 2.02. The molecule has 0 aliphatic rings. The van der Waals surface area contributed by atoms with Crippen LogP contribution in [0.15, 0.2) is 59.8 Å². The Bertz CT molecular complexity index is 613. The van der Waals surface area contributed by atoms with E-state index in [0.717, 1.165) is 16.9 Å². The zero-order valence-electron chi connectivity index (χ0n) is 11.1. The Morgan fingerprint density at radius 1 is 1.10 bits per heavy atom. The summed E-state index contributed by atoms with van der Waals surface area (Å²) in [5.41, 5.74) is 1.99. The van der Waals surface area contributed by atoms with Crippen molar-refractivity contribution in [2.75, 3.05) is 7.11 Å². The van der Waals surface area contributed by atoms with E-state index in [1.165, 1.54) is 7.11 Å². The topological polar surface area (TPSA) is 54.6 Å². The molecule has 0 N–H and O–H groups in total. The monoisotopic (exact) mass is 266 g/mol. The zero-order chi connectivity index (χ0) is 14.2. The third-order valence-corrected chi connectivity index (χ3v) is 2.66. The maximum Gasteiger partial charge on any atom is 0.186 e. The van der Waals surface area contributed by atoms with Gasteiger partial charge in [0.25, 0.3) is 0 Å². The second-order valence-corrected chi connectivity index (χ2v) is 4.03. The van der Waals surface area contributed by atoms with Crippen LogP contribution in [0.2, 0.25) is 0 Å². The van der Waals surface area contributed by atoms with Crippen molar-refractivity contribution in [3.63, 3.8) is 0 Å². The minimum Gasteiger partial charge on any atom is -0.489 e. The van der Waals surface area contributed by atoms with Crippen molar-refractivity contribution in [1.29, 1.82) is 5.26 Å². The lowest BCUT2D eigenvalue weighted by Crippen LogP contribution is -2.00. The second kappa shape index (κ2) is 6.95. The summed E-state index contributed by atoms with van der Waals surface area (Å²) >= 11 is 0. The molecule has 0 unspecified atom stereocenters. The molecule has 0 saturated carbocycles. The Morgan fingerprint density at radius 2 is 1.80 bits per heavy atom. The quantitative estimate of drug-likeness (QED) is 0.617. The molecule has 2 rings (SSSR count). The summed E-state index contributed by atoms with van der Waals surface area (Å²) in [6.07, 6.45) is 0. The first-order chi connectivity index (χ1) is 9.83. The predicted octanol–water partition coefficient (Wildman–Crippen LogP) is 3.14. The largest absolute Gasteiger partial charge is 0.489 e. The van der Waals surface area contributed by atoms with Gasteiger partial charge in [-0.3, -0.25) is 0 Å². The Hall–Kier alpha value is -2.80. The van der Waals surface area contributed by atoms with Crippen LogP contribution in [0.4, 0.5) is 0 Å². The number of oxime groups is 1. The number of nitrogens with zero attached hydrogens (tertiary/aromatic N) is 2. The van der Waals surface area contributed by atoms with Crippen LogP contribution in [-0.2, 0) is 11.4 Å². The molecule has 0 amide bonds. The van der Waals surface area contributed by atoms with E-state index in [-0.39, 0.29) is 5.71 Å². The Labute approximate surface area is 117 Å². The zero-order valence-corrected chi connectivity index (χ0v) is 11.1. The number of ether oxygens (including phenoxy) is 1. The van der Waals surface area contributed by atoms with Gasteiger partial charge in [0.15, 0.2) is 5.71 Å². The van der Waals surface area contributed by atoms with Crippen molar-refractivity contribution in [3.05, 3.63) is 65.7 Å². The van der Waals surface area contributed by atoms with E-state index in [0.29, 0.717) is 6.61 Å². The maximum atomic E-state index is 8.95. The highest BCUT2D eigenvalue weighted by atomic mass is 16.6. The summed E-state index contributed by atoms with van der Waals surface area (Å²) in [6.45, 7) is 0.480. The smallest absolute Gasteiger partial charge is 0.186 e. The average Bonchev–Trinajstić information content (AvgIpc) is 2.52. The van der Waals surface area contributed by atoms with Gasteiger partial charge in [0.2, 0.25) is 0 Å². The normalized spacial score (nSPS) is 10.7. The van der Waals surface area contributed by atoms with E-state index in [4.69, 9.17) is 10.00 Å². The number of hydrogen-bond donors (Lipinski definition) is 0. The SMILES string of the molecule is CON=C(C#N)c1ccc(COc2ccccc2)cc1. The summed E-state index contributed by atoms with van der Waals surface area (Å²) in [5, 5.41) is 12.6. The molecular weight excluding hydrogens is 252 g/mol. The van der Waals surface area contributed by atoms with Gasteiger partial charge < -0.3 is 9.57 Å². The lowest BCUT2D eigenvalue weighted by atomic mass is 10.1. The van der Waals surface area contributed by atoms with Gasteiger partial charge in [-0.1, -0.05) is 47.6 Å².